The van der Waals surface area contributed by atoms with E-state index in [2.05, 4.69) is 59.0 Å². The number of benzene rings is 1. The van der Waals surface area contributed by atoms with Crippen LogP contribution in [-0.4, -0.2) is 41.8 Å². The zero-order chi connectivity index (χ0) is 14.7. The third-order valence-electron chi connectivity index (χ3n) is 3.98. The number of aromatic nitrogens is 1. The largest absolute Gasteiger partial charge is 0.374 e. The lowest BCUT2D eigenvalue weighted by molar-refractivity contribution is -0.0265. The zero-order valence-electron chi connectivity index (χ0n) is 12.5. The zero-order valence-corrected chi connectivity index (χ0v) is 12.5. The first-order valence-corrected chi connectivity index (χ1v) is 7.53. The van der Waals surface area contributed by atoms with Crippen molar-refractivity contribution in [2.24, 2.45) is 5.73 Å². The predicted molar refractivity (Wildman–Crippen MR) is 84.6 cm³/mol. The van der Waals surface area contributed by atoms with Gasteiger partial charge in [0.25, 0.3) is 0 Å². The summed E-state index contributed by atoms with van der Waals surface area (Å²) in [5.74, 6) is 0. The van der Waals surface area contributed by atoms with Crippen molar-refractivity contribution in [1.82, 2.24) is 9.47 Å². The van der Waals surface area contributed by atoms with E-state index in [-0.39, 0.29) is 6.10 Å². The van der Waals surface area contributed by atoms with Crippen molar-refractivity contribution >= 4 is 0 Å². The number of nitrogens with zero attached hydrogens (tertiary/aromatic N) is 2. The van der Waals surface area contributed by atoms with Gasteiger partial charge < -0.3 is 15.0 Å². The Morgan fingerprint density at radius 1 is 1.29 bits per heavy atom. The van der Waals surface area contributed by atoms with Gasteiger partial charge in [-0.15, -0.1) is 0 Å². The lowest BCUT2D eigenvalue weighted by Crippen LogP contribution is -2.45. The quantitative estimate of drug-likeness (QED) is 0.933. The Morgan fingerprint density at radius 2 is 2.19 bits per heavy atom. The molecule has 0 amide bonds. The standard InChI is InChI=1S/C17H23N3O/c1-14-4-2-5-15(10-14)20-7-3-6-16(20)12-19-8-9-21-17(11-18)13-19/h2-7,10,17H,8-9,11-13,18H2,1H3/t17-/m0/s1. The van der Waals surface area contributed by atoms with E-state index in [1.165, 1.54) is 16.9 Å². The molecule has 2 N–H and O–H groups in total. The highest BCUT2D eigenvalue weighted by Crippen LogP contribution is 2.17. The molecule has 2 aromatic rings. The molecule has 112 valence electrons. The number of aryl methyl sites for hydroxylation is 1. The predicted octanol–water partition coefficient (Wildman–Crippen LogP) is 1.95. The minimum atomic E-state index is 0.168. The number of rotatable bonds is 4. The van der Waals surface area contributed by atoms with E-state index in [0.29, 0.717) is 6.54 Å². The van der Waals surface area contributed by atoms with Crippen LogP contribution in [0.4, 0.5) is 0 Å². The fraction of sp³-hybridized carbons (Fsp3) is 0.412. The Balaban J connectivity index is 1.76. The van der Waals surface area contributed by atoms with Gasteiger partial charge in [-0.05, 0) is 36.8 Å². The minimum Gasteiger partial charge on any atom is -0.374 e. The lowest BCUT2D eigenvalue weighted by Gasteiger charge is -2.32. The molecule has 1 aromatic heterocycles. The van der Waals surface area contributed by atoms with Gasteiger partial charge in [0.15, 0.2) is 0 Å². The summed E-state index contributed by atoms with van der Waals surface area (Å²) in [4.78, 5) is 2.42. The average molecular weight is 285 g/mol. The summed E-state index contributed by atoms with van der Waals surface area (Å²) in [5, 5.41) is 0. The van der Waals surface area contributed by atoms with Crippen LogP contribution in [0.1, 0.15) is 11.3 Å². The molecule has 4 heteroatoms. The lowest BCUT2D eigenvalue weighted by atomic mass is 10.2. The summed E-state index contributed by atoms with van der Waals surface area (Å²) < 4.78 is 7.90. The molecule has 1 fully saturated rings. The maximum atomic E-state index is 5.72. The molecular weight excluding hydrogens is 262 g/mol. The van der Waals surface area contributed by atoms with E-state index >= 15 is 0 Å². The van der Waals surface area contributed by atoms with Crippen molar-refractivity contribution in [3.05, 3.63) is 53.9 Å². The molecule has 1 saturated heterocycles. The molecule has 0 radical (unpaired) electrons. The fourth-order valence-corrected chi connectivity index (χ4v) is 2.87. The van der Waals surface area contributed by atoms with Crippen molar-refractivity contribution < 1.29 is 4.74 Å². The number of hydrogen-bond acceptors (Lipinski definition) is 3. The van der Waals surface area contributed by atoms with Crippen LogP contribution >= 0.6 is 0 Å². The molecule has 0 bridgehead atoms. The van der Waals surface area contributed by atoms with Crippen LogP contribution in [0.15, 0.2) is 42.6 Å². The second-order valence-corrected chi connectivity index (χ2v) is 5.67. The van der Waals surface area contributed by atoms with E-state index in [1.807, 2.05) is 0 Å². The Morgan fingerprint density at radius 3 is 3.00 bits per heavy atom. The summed E-state index contributed by atoms with van der Waals surface area (Å²) in [5.41, 5.74) is 9.52. The Bertz CT molecular complexity index is 593. The van der Waals surface area contributed by atoms with Gasteiger partial charge in [0, 0.05) is 43.8 Å². The van der Waals surface area contributed by atoms with E-state index in [1.54, 1.807) is 0 Å². The SMILES string of the molecule is Cc1cccc(-n2cccc2CN2CCO[C@@H](CN)C2)c1. The summed E-state index contributed by atoms with van der Waals surface area (Å²) >= 11 is 0. The third-order valence-corrected chi connectivity index (χ3v) is 3.98. The van der Waals surface area contributed by atoms with E-state index in [4.69, 9.17) is 10.5 Å². The summed E-state index contributed by atoms with van der Waals surface area (Å²) in [6.07, 6.45) is 2.30. The molecule has 0 spiro atoms. The molecule has 2 heterocycles. The minimum absolute atomic E-state index is 0.168. The van der Waals surface area contributed by atoms with Crippen molar-refractivity contribution in [2.75, 3.05) is 26.2 Å². The van der Waals surface area contributed by atoms with Gasteiger partial charge in [-0.25, -0.2) is 0 Å². The smallest absolute Gasteiger partial charge is 0.0824 e. The molecule has 0 unspecified atom stereocenters. The maximum Gasteiger partial charge on any atom is 0.0824 e. The van der Waals surface area contributed by atoms with Gasteiger partial charge in [-0.1, -0.05) is 12.1 Å². The van der Waals surface area contributed by atoms with Crippen LogP contribution in [0.25, 0.3) is 5.69 Å². The molecule has 1 atom stereocenters. The Kier molecular flexibility index (Phi) is 4.39. The monoisotopic (exact) mass is 285 g/mol. The van der Waals surface area contributed by atoms with Gasteiger partial charge >= 0.3 is 0 Å². The van der Waals surface area contributed by atoms with Crippen LogP contribution in [0, 0.1) is 6.92 Å². The van der Waals surface area contributed by atoms with Gasteiger partial charge in [-0.2, -0.15) is 0 Å². The van der Waals surface area contributed by atoms with Crippen molar-refractivity contribution in [1.29, 1.82) is 0 Å². The van der Waals surface area contributed by atoms with Crippen LogP contribution in [0.2, 0.25) is 0 Å². The van der Waals surface area contributed by atoms with Crippen LogP contribution in [0.5, 0.6) is 0 Å². The van der Waals surface area contributed by atoms with E-state index in [9.17, 15) is 0 Å². The second kappa shape index (κ2) is 6.43. The number of nitrogens with two attached hydrogens (primary N) is 1. The molecule has 4 nitrogen and oxygen atoms in total. The highest BCUT2D eigenvalue weighted by atomic mass is 16.5. The normalized spacial score (nSPS) is 19.8. The first-order chi connectivity index (χ1) is 10.3. The topological polar surface area (TPSA) is 43.4 Å². The molecule has 21 heavy (non-hydrogen) atoms. The summed E-state index contributed by atoms with van der Waals surface area (Å²) in [7, 11) is 0. The highest BCUT2D eigenvalue weighted by molar-refractivity contribution is 5.38. The maximum absolute atomic E-state index is 5.72. The Labute approximate surface area is 126 Å². The average Bonchev–Trinajstić information content (AvgIpc) is 2.95. The van der Waals surface area contributed by atoms with Crippen LogP contribution < -0.4 is 5.73 Å². The van der Waals surface area contributed by atoms with Crippen LogP contribution in [-0.2, 0) is 11.3 Å². The molecule has 1 aliphatic heterocycles. The number of morpholine rings is 1. The van der Waals surface area contributed by atoms with Gasteiger partial charge in [0.05, 0.1) is 12.7 Å². The number of hydrogen-bond donors (Lipinski definition) is 1. The molecule has 0 saturated carbocycles. The Hall–Kier alpha value is -1.62. The van der Waals surface area contributed by atoms with E-state index in [0.717, 1.165) is 26.2 Å². The van der Waals surface area contributed by atoms with Gasteiger partial charge in [0.1, 0.15) is 0 Å². The summed E-state index contributed by atoms with van der Waals surface area (Å²) in [6, 6.07) is 12.9. The second-order valence-electron chi connectivity index (χ2n) is 5.67. The molecule has 1 aliphatic rings. The molecule has 1 aromatic carbocycles. The fourth-order valence-electron chi connectivity index (χ4n) is 2.87. The highest BCUT2D eigenvalue weighted by Gasteiger charge is 2.20. The molecule has 3 rings (SSSR count). The van der Waals surface area contributed by atoms with Gasteiger partial charge in [0.2, 0.25) is 0 Å². The van der Waals surface area contributed by atoms with Gasteiger partial charge in [-0.3, -0.25) is 4.90 Å². The molecule has 0 aliphatic carbocycles. The van der Waals surface area contributed by atoms with Crippen molar-refractivity contribution in [3.8, 4) is 5.69 Å². The summed E-state index contributed by atoms with van der Waals surface area (Å²) in [6.45, 7) is 6.30. The first kappa shape index (κ1) is 14.3. The van der Waals surface area contributed by atoms with Crippen molar-refractivity contribution in [3.63, 3.8) is 0 Å². The van der Waals surface area contributed by atoms with E-state index < -0.39 is 0 Å². The molecular formula is C17H23N3O. The number of ether oxygens (including phenoxy) is 1. The third kappa shape index (κ3) is 3.35. The van der Waals surface area contributed by atoms with Crippen LogP contribution in [0.3, 0.4) is 0 Å². The van der Waals surface area contributed by atoms with Crippen molar-refractivity contribution in [2.45, 2.75) is 19.6 Å². The first-order valence-electron chi connectivity index (χ1n) is 7.53.